The second-order valence-electron chi connectivity index (χ2n) is 3.76. The maximum Gasteiger partial charge on any atom is 0.231 e. The Morgan fingerprint density at radius 2 is 2.39 bits per heavy atom. The lowest BCUT2D eigenvalue weighted by molar-refractivity contribution is -0.117. The number of hydrogen-bond donors (Lipinski definition) is 1. The number of thioether (sulfide) groups is 1. The van der Waals surface area contributed by atoms with Gasteiger partial charge in [0.1, 0.15) is 0 Å². The minimum absolute atomic E-state index is 0.294. The molecule has 2 N–H and O–H groups in total. The fraction of sp³-hybridized carbons (Fsp3) is 0.364. The summed E-state index contributed by atoms with van der Waals surface area (Å²) in [6.45, 7) is 1.91. The van der Waals surface area contributed by atoms with Crippen molar-refractivity contribution in [1.82, 2.24) is 14.8 Å². The Morgan fingerprint density at radius 1 is 1.61 bits per heavy atom. The van der Waals surface area contributed by atoms with Crippen LogP contribution in [0, 0.1) is 0 Å². The van der Waals surface area contributed by atoms with E-state index < -0.39 is 0 Å². The average molecular weight is 266 g/mol. The number of primary amides is 1. The standard InChI is InChI=1S/C11H14N4O2S/c1-3-8(9(12)16)18-11-14-13-10(15(11)2)7-5-4-6-17-7/h4-6,8H,3H2,1-2H3,(H2,12,16). The summed E-state index contributed by atoms with van der Waals surface area (Å²) in [6.07, 6.45) is 2.23. The van der Waals surface area contributed by atoms with Crippen molar-refractivity contribution >= 4 is 17.7 Å². The molecule has 96 valence electrons. The van der Waals surface area contributed by atoms with Gasteiger partial charge in [-0.1, -0.05) is 18.7 Å². The third kappa shape index (κ3) is 2.40. The monoisotopic (exact) mass is 266 g/mol. The number of furan rings is 1. The second-order valence-corrected chi connectivity index (χ2v) is 4.93. The van der Waals surface area contributed by atoms with Crippen LogP contribution < -0.4 is 5.73 Å². The van der Waals surface area contributed by atoms with Gasteiger partial charge in [0, 0.05) is 7.05 Å². The molecule has 2 heterocycles. The lowest BCUT2D eigenvalue weighted by Gasteiger charge is -2.09. The molecule has 1 amide bonds. The van der Waals surface area contributed by atoms with Crippen LogP contribution in [-0.2, 0) is 11.8 Å². The predicted octanol–water partition coefficient (Wildman–Crippen LogP) is 1.43. The Morgan fingerprint density at radius 3 is 2.94 bits per heavy atom. The van der Waals surface area contributed by atoms with Crippen LogP contribution >= 0.6 is 11.8 Å². The molecular formula is C11H14N4O2S. The van der Waals surface area contributed by atoms with E-state index in [-0.39, 0.29) is 11.2 Å². The van der Waals surface area contributed by atoms with E-state index in [1.54, 1.807) is 16.9 Å². The van der Waals surface area contributed by atoms with E-state index in [0.717, 1.165) is 0 Å². The van der Waals surface area contributed by atoms with E-state index in [9.17, 15) is 4.79 Å². The quantitative estimate of drug-likeness (QED) is 0.827. The summed E-state index contributed by atoms with van der Waals surface area (Å²) in [6, 6.07) is 3.60. The summed E-state index contributed by atoms with van der Waals surface area (Å²) >= 11 is 1.31. The van der Waals surface area contributed by atoms with E-state index in [1.165, 1.54) is 11.8 Å². The highest BCUT2D eigenvalue weighted by Crippen LogP contribution is 2.26. The molecule has 1 atom stereocenters. The highest BCUT2D eigenvalue weighted by Gasteiger charge is 2.20. The number of nitrogens with two attached hydrogens (primary N) is 1. The van der Waals surface area contributed by atoms with Crippen LogP contribution in [0.25, 0.3) is 11.6 Å². The van der Waals surface area contributed by atoms with Crippen molar-refractivity contribution in [2.75, 3.05) is 0 Å². The zero-order chi connectivity index (χ0) is 13.1. The summed E-state index contributed by atoms with van der Waals surface area (Å²) in [4.78, 5) is 11.2. The molecular weight excluding hydrogens is 252 g/mol. The van der Waals surface area contributed by atoms with Crippen LogP contribution in [0.4, 0.5) is 0 Å². The van der Waals surface area contributed by atoms with Gasteiger partial charge in [-0.3, -0.25) is 4.79 Å². The maximum absolute atomic E-state index is 11.2. The number of amides is 1. The lowest BCUT2D eigenvalue weighted by Crippen LogP contribution is -2.25. The van der Waals surface area contributed by atoms with Crippen LogP contribution in [-0.4, -0.2) is 25.9 Å². The summed E-state index contributed by atoms with van der Waals surface area (Å²) in [5.41, 5.74) is 5.31. The number of carbonyl (C=O) groups excluding carboxylic acids is 1. The SMILES string of the molecule is CCC(Sc1nnc(-c2ccco2)n1C)C(N)=O. The Bertz CT molecular complexity index is 535. The largest absolute Gasteiger partial charge is 0.461 e. The number of carbonyl (C=O) groups is 1. The average Bonchev–Trinajstić information content (AvgIpc) is 2.95. The molecule has 0 saturated heterocycles. The van der Waals surface area contributed by atoms with Crippen LogP contribution in [0.1, 0.15) is 13.3 Å². The van der Waals surface area contributed by atoms with E-state index in [1.807, 2.05) is 20.0 Å². The Kier molecular flexibility index (Phi) is 3.71. The zero-order valence-corrected chi connectivity index (χ0v) is 11.0. The van der Waals surface area contributed by atoms with Crippen LogP contribution in [0.2, 0.25) is 0 Å². The van der Waals surface area contributed by atoms with Crippen molar-refractivity contribution < 1.29 is 9.21 Å². The number of aromatic nitrogens is 3. The van der Waals surface area contributed by atoms with E-state index in [4.69, 9.17) is 10.2 Å². The number of nitrogens with zero attached hydrogens (tertiary/aromatic N) is 3. The van der Waals surface area contributed by atoms with Gasteiger partial charge < -0.3 is 14.7 Å². The molecule has 0 bridgehead atoms. The Labute approximate surface area is 109 Å². The van der Waals surface area contributed by atoms with Gasteiger partial charge in [0.2, 0.25) is 5.91 Å². The first-order valence-electron chi connectivity index (χ1n) is 5.52. The molecule has 18 heavy (non-hydrogen) atoms. The molecule has 2 aromatic rings. The minimum Gasteiger partial charge on any atom is -0.461 e. The number of rotatable bonds is 5. The van der Waals surface area contributed by atoms with Gasteiger partial charge in [0.05, 0.1) is 11.5 Å². The lowest BCUT2D eigenvalue weighted by atomic mass is 10.3. The van der Waals surface area contributed by atoms with E-state index in [2.05, 4.69) is 10.2 Å². The molecule has 0 saturated carbocycles. The molecule has 0 radical (unpaired) electrons. The third-order valence-corrected chi connectivity index (χ3v) is 3.93. The van der Waals surface area contributed by atoms with Crippen molar-refractivity contribution in [2.24, 2.45) is 12.8 Å². The highest BCUT2D eigenvalue weighted by molar-refractivity contribution is 8.00. The van der Waals surface area contributed by atoms with E-state index in [0.29, 0.717) is 23.2 Å². The minimum atomic E-state index is -0.343. The molecule has 0 fully saturated rings. The van der Waals surface area contributed by atoms with Gasteiger partial charge in [-0.05, 0) is 18.6 Å². The fourth-order valence-electron chi connectivity index (χ4n) is 1.51. The first-order valence-corrected chi connectivity index (χ1v) is 6.40. The van der Waals surface area contributed by atoms with E-state index >= 15 is 0 Å². The predicted molar refractivity (Wildman–Crippen MR) is 67.8 cm³/mol. The molecule has 7 heteroatoms. The van der Waals surface area contributed by atoms with Crippen molar-refractivity contribution in [3.8, 4) is 11.6 Å². The van der Waals surface area contributed by atoms with Gasteiger partial charge in [0.25, 0.3) is 0 Å². The Balaban J connectivity index is 2.23. The van der Waals surface area contributed by atoms with Gasteiger partial charge in [0.15, 0.2) is 16.7 Å². The van der Waals surface area contributed by atoms with Gasteiger partial charge in [-0.2, -0.15) is 0 Å². The maximum atomic E-state index is 11.2. The summed E-state index contributed by atoms with van der Waals surface area (Å²) in [5, 5.41) is 8.45. The molecule has 0 spiro atoms. The first-order chi connectivity index (χ1) is 8.63. The molecule has 0 aliphatic rings. The van der Waals surface area contributed by atoms with Crippen molar-refractivity contribution in [3.05, 3.63) is 18.4 Å². The van der Waals surface area contributed by atoms with Crippen molar-refractivity contribution in [1.29, 1.82) is 0 Å². The van der Waals surface area contributed by atoms with Crippen molar-refractivity contribution in [2.45, 2.75) is 23.8 Å². The van der Waals surface area contributed by atoms with Gasteiger partial charge in [-0.25, -0.2) is 0 Å². The first kappa shape index (κ1) is 12.7. The van der Waals surface area contributed by atoms with Crippen LogP contribution in [0.3, 0.4) is 0 Å². The fourth-order valence-corrected chi connectivity index (χ4v) is 2.38. The number of hydrogen-bond acceptors (Lipinski definition) is 5. The smallest absolute Gasteiger partial charge is 0.231 e. The van der Waals surface area contributed by atoms with Gasteiger partial charge >= 0.3 is 0 Å². The highest BCUT2D eigenvalue weighted by atomic mass is 32.2. The second kappa shape index (κ2) is 5.26. The zero-order valence-electron chi connectivity index (χ0n) is 10.2. The summed E-state index contributed by atoms with van der Waals surface area (Å²) < 4.78 is 7.06. The van der Waals surface area contributed by atoms with Gasteiger partial charge in [-0.15, -0.1) is 10.2 Å². The molecule has 6 nitrogen and oxygen atoms in total. The normalized spacial score (nSPS) is 12.6. The van der Waals surface area contributed by atoms with Crippen molar-refractivity contribution in [3.63, 3.8) is 0 Å². The van der Waals surface area contributed by atoms with Crippen LogP contribution in [0.5, 0.6) is 0 Å². The molecule has 2 rings (SSSR count). The molecule has 0 aliphatic carbocycles. The molecule has 0 aromatic carbocycles. The van der Waals surface area contributed by atoms with Crippen LogP contribution in [0.15, 0.2) is 28.0 Å². The molecule has 2 aromatic heterocycles. The third-order valence-electron chi connectivity index (χ3n) is 2.51. The summed E-state index contributed by atoms with van der Waals surface area (Å²) in [5.74, 6) is 0.927. The Hall–Kier alpha value is -1.76. The molecule has 0 aliphatic heterocycles. The topological polar surface area (TPSA) is 86.9 Å². The molecule has 1 unspecified atom stereocenters. The summed E-state index contributed by atoms with van der Waals surface area (Å²) in [7, 11) is 1.83.